The van der Waals surface area contributed by atoms with E-state index in [-0.39, 0.29) is 0 Å². The molecule has 0 bridgehead atoms. The second kappa shape index (κ2) is 10.5. The van der Waals surface area contributed by atoms with Crippen LogP contribution in [0.25, 0.3) is 0 Å². The van der Waals surface area contributed by atoms with Crippen LogP contribution in [0.5, 0.6) is 0 Å². The van der Waals surface area contributed by atoms with Crippen molar-refractivity contribution in [3.63, 3.8) is 0 Å². The van der Waals surface area contributed by atoms with Crippen LogP contribution in [0.15, 0.2) is 84.9 Å². The Bertz CT molecular complexity index is 1010. The number of nitrogens with one attached hydrogen (secondary N) is 1. The minimum absolute atomic E-state index is 0.341. The van der Waals surface area contributed by atoms with Gasteiger partial charge in [0.25, 0.3) is 5.91 Å². The number of hydrogen-bond acceptors (Lipinski definition) is 6. The van der Waals surface area contributed by atoms with Crippen molar-refractivity contribution in [2.24, 2.45) is 0 Å². The molecule has 1 aliphatic rings. The van der Waals surface area contributed by atoms with Crippen LogP contribution in [0.4, 0.5) is 0 Å². The molecule has 0 aliphatic carbocycles. The molecule has 3 aromatic carbocycles. The third kappa shape index (κ3) is 5.14. The first kappa shape index (κ1) is 23.5. The van der Waals surface area contributed by atoms with Crippen LogP contribution in [0.1, 0.15) is 10.4 Å². The van der Waals surface area contributed by atoms with Crippen molar-refractivity contribution in [2.45, 2.75) is 30.6 Å². The number of ether oxygens (including phenoxy) is 1. The number of benzene rings is 3. The van der Waals surface area contributed by atoms with Crippen LogP contribution in [0.3, 0.4) is 0 Å². The van der Waals surface area contributed by atoms with Gasteiger partial charge in [-0.2, -0.15) is 0 Å². The summed E-state index contributed by atoms with van der Waals surface area (Å²) in [6.45, 7) is -0.566. The number of aliphatic hydroxyl groups excluding tert-OH is 4. The summed E-state index contributed by atoms with van der Waals surface area (Å²) in [5.74, 6) is -0.522. The SMILES string of the molecule is O=C(N[C@@H]1[C@@H](O)[C@H](O)[C@@H](CO)O[C@H]1O)c1ccc(P(c2ccccc2)c2ccccc2)cc1. The van der Waals surface area contributed by atoms with Gasteiger partial charge >= 0.3 is 0 Å². The van der Waals surface area contributed by atoms with E-state index in [2.05, 4.69) is 29.6 Å². The molecule has 1 fully saturated rings. The van der Waals surface area contributed by atoms with Crippen LogP contribution in [-0.4, -0.2) is 63.6 Å². The lowest BCUT2D eigenvalue weighted by atomic mass is 9.97. The number of carbonyl (C=O) groups excluding carboxylic acids is 1. The zero-order valence-electron chi connectivity index (χ0n) is 17.7. The number of carbonyl (C=O) groups is 1. The Morgan fingerprint density at radius 3 is 1.82 bits per heavy atom. The van der Waals surface area contributed by atoms with Crippen LogP contribution in [0, 0.1) is 0 Å². The average molecular weight is 467 g/mol. The van der Waals surface area contributed by atoms with E-state index in [0.717, 1.165) is 5.30 Å². The van der Waals surface area contributed by atoms with E-state index in [1.54, 1.807) is 12.1 Å². The maximum absolute atomic E-state index is 12.8. The van der Waals surface area contributed by atoms with Gasteiger partial charge in [0, 0.05) is 5.56 Å². The molecule has 0 saturated carbocycles. The maximum atomic E-state index is 12.8. The Labute approximate surface area is 193 Å². The highest BCUT2D eigenvalue weighted by atomic mass is 31.1. The van der Waals surface area contributed by atoms with Crippen LogP contribution in [0.2, 0.25) is 0 Å². The lowest BCUT2D eigenvalue weighted by Gasteiger charge is -2.40. The molecule has 5 N–H and O–H groups in total. The van der Waals surface area contributed by atoms with Crippen molar-refractivity contribution in [3.05, 3.63) is 90.5 Å². The van der Waals surface area contributed by atoms with Crippen molar-refractivity contribution < 1.29 is 30.0 Å². The largest absolute Gasteiger partial charge is 0.394 e. The molecule has 1 saturated heterocycles. The van der Waals surface area contributed by atoms with Gasteiger partial charge in [-0.3, -0.25) is 4.79 Å². The van der Waals surface area contributed by atoms with Gasteiger partial charge in [0.1, 0.15) is 24.4 Å². The Kier molecular flexibility index (Phi) is 7.50. The molecule has 0 radical (unpaired) electrons. The average Bonchev–Trinajstić information content (AvgIpc) is 2.86. The fraction of sp³-hybridized carbons (Fsp3) is 0.240. The summed E-state index contributed by atoms with van der Waals surface area (Å²) in [6, 6.07) is 26.3. The van der Waals surface area contributed by atoms with Gasteiger partial charge in [-0.25, -0.2) is 0 Å². The first-order valence-electron chi connectivity index (χ1n) is 10.6. The molecular formula is C25H26NO6P. The van der Waals surface area contributed by atoms with Crippen LogP contribution < -0.4 is 21.2 Å². The Balaban J connectivity index is 1.54. The van der Waals surface area contributed by atoms with Gasteiger partial charge in [-0.15, -0.1) is 0 Å². The van der Waals surface area contributed by atoms with Gasteiger partial charge < -0.3 is 30.5 Å². The smallest absolute Gasteiger partial charge is 0.251 e. The van der Waals surface area contributed by atoms with Gasteiger partial charge in [0.15, 0.2) is 6.29 Å². The van der Waals surface area contributed by atoms with Gasteiger partial charge in [-0.1, -0.05) is 72.8 Å². The minimum Gasteiger partial charge on any atom is -0.394 e. The van der Waals surface area contributed by atoms with Crippen molar-refractivity contribution in [1.82, 2.24) is 5.32 Å². The van der Waals surface area contributed by atoms with E-state index in [4.69, 9.17) is 4.74 Å². The van der Waals surface area contributed by atoms with Gasteiger partial charge in [0.2, 0.25) is 0 Å². The number of amides is 1. The molecule has 8 heteroatoms. The molecule has 33 heavy (non-hydrogen) atoms. The molecule has 7 nitrogen and oxygen atoms in total. The third-order valence-corrected chi connectivity index (χ3v) is 8.06. The standard InChI is InChI=1S/C25H26NO6P/c27-15-20-22(28)23(29)21(25(31)32-20)26-24(30)16-11-13-19(14-12-16)33(17-7-3-1-4-8-17)18-9-5-2-6-10-18/h1-14,20-23,25,27-29,31H,15H2,(H,26,30)/t20-,21-,22-,23-,25-/m1/s1. The molecule has 0 unspecified atom stereocenters. The normalized spacial score (nSPS) is 25.1. The lowest BCUT2D eigenvalue weighted by molar-refractivity contribution is -0.252. The van der Waals surface area contributed by atoms with E-state index in [9.17, 15) is 25.2 Å². The van der Waals surface area contributed by atoms with E-state index < -0.39 is 51.1 Å². The molecule has 1 heterocycles. The molecular weight excluding hydrogens is 441 g/mol. The Morgan fingerprint density at radius 2 is 1.30 bits per heavy atom. The second-order valence-corrected chi connectivity index (χ2v) is 10.0. The highest BCUT2D eigenvalue weighted by Crippen LogP contribution is 2.32. The zero-order valence-corrected chi connectivity index (χ0v) is 18.6. The van der Waals surface area contributed by atoms with Crippen LogP contribution >= 0.6 is 7.92 Å². The van der Waals surface area contributed by atoms with E-state index in [1.807, 2.05) is 48.5 Å². The second-order valence-electron chi connectivity index (χ2n) is 7.78. The highest BCUT2D eigenvalue weighted by molar-refractivity contribution is 7.79. The molecule has 0 spiro atoms. The Morgan fingerprint density at radius 1 is 0.788 bits per heavy atom. The summed E-state index contributed by atoms with van der Waals surface area (Å²) < 4.78 is 5.10. The van der Waals surface area contributed by atoms with E-state index >= 15 is 0 Å². The van der Waals surface area contributed by atoms with Crippen molar-refractivity contribution in [2.75, 3.05) is 6.61 Å². The predicted octanol–water partition coefficient (Wildman–Crippen LogP) is -0.0255. The Hall–Kier alpha value is -2.64. The fourth-order valence-corrected chi connectivity index (χ4v) is 6.13. The third-order valence-electron chi connectivity index (χ3n) is 5.61. The first-order chi connectivity index (χ1) is 16.0. The summed E-state index contributed by atoms with van der Waals surface area (Å²) in [5.41, 5.74) is 0.341. The molecule has 172 valence electrons. The van der Waals surface area contributed by atoms with Gasteiger partial charge in [-0.05, 0) is 36.0 Å². The summed E-state index contributed by atoms with van der Waals surface area (Å²) in [4.78, 5) is 12.8. The van der Waals surface area contributed by atoms with Crippen LogP contribution in [-0.2, 0) is 4.74 Å². The zero-order chi connectivity index (χ0) is 23.4. The number of aliphatic hydroxyl groups is 4. The molecule has 5 atom stereocenters. The number of rotatable bonds is 6. The van der Waals surface area contributed by atoms with Gasteiger partial charge in [0.05, 0.1) is 6.61 Å². The fourth-order valence-electron chi connectivity index (χ4n) is 3.85. The molecule has 4 rings (SSSR count). The van der Waals surface area contributed by atoms with Crippen molar-refractivity contribution in [1.29, 1.82) is 0 Å². The van der Waals surface area contributed by atoms with Crippen molar-refractivity contribution in [3.8, 4) is 0 Å². The minimum atomic E-state index is -1.56. The van der Waals surface area contributed by atoms with E-state index in [1.165, 1.54) is 10.6 Å². The highest BCUT2D eigenvalue weighted by Gasteiger charge is 2.44. The quantitative estimate of drug-likeness (QED) is 0.325. The predicted molar refractivity (Wildman–Crippen MR) is 126 cm³/mol. The topological polar surface area (TPSA) is 119 Å². The molecule has 0 aromatic heterocycles. The summed E-state index contributed by atoms with van der Waals surface area (Å²) in [5, 5.41) is 45.6. The first-order valence-corrected chi connectivity index (χ1v) is 12.0. The summed E-state index contributed by atoms with van der Waals surface area (Å²) >= 11 is 0. The molecule has 1 amide bonds. The number of hydrogen-bond donors (Lipinski definition) is 5. The summed E-state index contributed by atoms with van der Waals surface area (Å²) in [6.07, 6.45) is -5.62. The van der Waals surface area contributed by atoms with E-state index in [0.29, 0.717) is 5.56 Å². The molecule has 3 aromatic rings. The lowest BCUT2D eigenvalue weighted by Crippen LogP contribution is -2.64. The monoisotopic (exact) mass is 467 g/mol. The maximum Gasteiger partial charge on any atom is 0.251 e. The van der Waals surface area contributed by atoms with Crippen molar-refractivity contribution >= 4 is 29.7 Å². The summed E-state index contributed by atoms with van der Waals surface area (Å²) in [7, 11) is -0.810. The molecule has 1 aliphatic heterocycles.